The van der Waals surface area contributed by atoms with Crippen LogP contribution in [0.25, 0.3) is 0 Å². The molecule has 6 heteroatoms. The number of para-hydroxylation sites is 1. The normalized spacial score (nSPS) is 12.0. The molecule has 5 nitrogen and oxygen atoms in total. The topological polar surface area (TPSA) is 58.6 Å². The van der Waals surface area contributed by atoms with Crippen molar-refractivity contribution in [2.45, 2.75) is 13.0 Å². The molecule has 0 aliphatic carbocycles. The maximum Gasteiger partial charge on any atom is 0.308 e. The van der Waals surface area contributed by atoms with Crippen molar-refractivity contribution < 1.29 is 14.3 Å². The Hall–Kier alpha value is -2.18. The summed E-state index contributed by atoms with van der Waals surface area (Å²) >= 11 is 1.63. The van der Waals surface area contributed by atoms with Gasteiger partial charge in [0.2, 0.25) is 0 Å². The fourth-order valence-corrected chi connectivity index (χ4v) is 2.95. The number of esters is 1. The van der Waals surface area contributed by atoms with Crippen molar-refractivity contribution >= 4 is 23.2 Å². The summed E-state index contributed by atoms with van der Waals surface area (Å²) < 4.78 is 5.08. The van der Waals surface area contributed by atoms with Gasteiger partial charge in [0.25, 0.3) is 5.91 Å². The first-order valence-corrected chi connectivity index (χ1v) is 8.17. The van der Waals surface area contributed by atoms with Crippen LogP contribution in [0.4, 0.5) is 0 Å². The SMILES string of the molecule is CC(=O)Oc1ccccc1C(=O)NCC(c1ccsc1)N(C)C. The summed E-state index contributed by atoms with van der Waals surface area (Å²) in [5.41, 5.74) is 1.51. The number of thiophene rings is 1. The average molecular weight is 332 g/mol. The maximum atomic E-state index is 12.4. The number of nitrogens with zero attached hydrogens (tertiary/aromatic N) is 1. The van der Waals surface area contributed by atoms with E-state index in [-0.39, 0.29) is 17.7 Å². The van der Waals surface area contributed by atoms with Crippen LogP contribution in [0.2, 0.25) is 0 Å². The van der Waals surface area contributed by atoms with Gasteiger partial charge in [0.1, 0.15) is 5.75 Å². The number of nitrogens with one attached hydrogen (secondary N) is 1. The number of likely N-dealkylation sites (N-methyl/N-ethyl adjacent to an activating group) is 1. The molecule has 1 heterocycles. The monoisotopic (exact) mass is 332 g/mol. The van der Waals surface area contributed by atoms with Crippen molar-refractivity contribution in [2.75, 3.05) is 20.6 Å². The molecule has 0 saturated carbocycles. The summed E-state index contributed by atoms with van der Waals surface area (Å²) in [7, 11) is 3.95. The minimum atomic E-state index is -0.449. The highest BCUT2D eigenvalue weighted by Gasteiger charge is 2.18. The average Bonchev–Trinajstić information content (AvgIpc) is 3.01. The van der Waals surface area contributed by atoms with Gasteiger partial charge in [0, 0.05) is 13.5 Å². The second kappa shape index (κ2) is 7.89. The second-order valence-corrected chi connectivity index (χ2v) is 6.12. The minimum absolute atomic E-state index is 0.0890. The van der Waals surface area contributed by atoms with Gasteiger partial charge in [-0.25, -0.2) is 0 Å². The van der Waals surface area contributed by atoms with Crippen molar-refractivity contribution in [2.24, 2.45) is 0 Å². The summed E-state index contributed by atoms with van der Waals surface area (Å²) in [6.07, 6.45) is 0. The molecular formula is C17H20N2O3S. The van der Waals surface area contributed by atoms with E-state index in [9.17, 15) is 9.59 Å². The van der Waals surface area contributed by atoms with Crippen molar-refractivity contribution in [3.63, 3.8) is 0 Å². The van der Waals surface area contributed by atoms with Crippen LogP contribution in [0.1, 0.15) is 28.9 Å². The number of amides is 1. The number of ether oxygens (including phenoxy) is 1. The van der Waals surface area contributed by atoms with E-state index in [1.807, 2.05) is 25.5 Å². The van der Waals surface area contributed by atoms with Crippen molar-refractivity contribution in [3.05, 3.63) is 52.2 Å². The molecule has 1 unspecified atom stereocenters. The Bertz CT molecular complexity index is 668. The van der Waals surface area contributed by atoms with Gasteiger partial charge in [-0.3, -0.25) is 9.59 Å². The Morgan fingerprint density at radius 1 is 1.26 bits per heavy atom. The molecule has 0 spiro atoms. The Morgan fingerprint density at radius 3 is 2.61 bits per heavy atom. The summed E-state index contributed by atoms with van der Waals surface area (Å²) in [6, 6.07) is 8.86. The summed E-state index contributed by atoms with van der Waals surface area (Å²) in [5.74, 6) is -0.437. The molecule has 122 valence electrons. The van der Waals surface area contributed by atoms with Crippen molar-refractivity contribution in [3.8, 4) is 5.75 Å². The second-order valence-electron chi connectivity index (χ2n) is 5.34. The van der Waals surface area contributed by atoms with E-state index in [4.69, 9.17) is 4.74 Å². The lowest BCUT2D eigenvalue weighted by atomic mass is 10.1. The van der Waals surface area contributed by atoms with Gasteiger partial charge >= 0.3 is 5.97 Å². The highest BCUT2D eigenvalue weighted by molar-refractivity contribution is 7.07. The van der Waals surface area contributed by atoms with E-state index in [0.29, 0.717) is 12.1 Å². The summed E-state index contributed by atoms with van der Waals surface area (Å²) in [5, 5.41) is 7.01. The fraction of sp³-hybridized carbons (Fsp3) is 0.294. The molecule has 0 aliphatic heterocycles. The first kappa shape index (κ1) is 17.2. The molecule has 1 aromatic carbocycles. The van der Waals surface area contributed by atoms with Crippen molar-refractivity contribution in [1.82, 2.24) is 10.2 Å². The smallest absolute Gasteiger partial charge is 0.308 e. The highest BCUT2D eigenvalue weighted by Crippen LogP contribution is 2.21. The number of benzene rings is 1. The van der Waals surface area contributed by atoms with E-state index < -0.39 is 5.97 Å². The van der Waals surface area contributed by atoms with Gasteiger partial charge in [-0.05, 0) is 48.6 Å². The molecule has 0 saturated heterocycles. The molecule has 1 amide bonds. The quantitative estimate of drug-likeness (QED) is 0.653. The zero-order valence-corrected chi connectivity index (χ0v) is 14.2. The molecule has 0 bridgehead atoms. The van der Waals surface area contributed by atoms with E-state index in [1.54, 1.807) is 35.6 Å². The summed E-state index contributed by atoms with van der Waals surface area (Å²) in [4.78, 5) is 25.6. The molecule has 1 N–H and O–H groups in total. The third-order valence-electron chi connectivity index (χ3n) is 3.39. The molecule has 1 atom stereocenters. The predicted octanol–water partition coefficient (Wildman–Crippen LogP) is 2.71. The zero-order chi connectivity index (χ0) is 16.8. The van der Waals surface area contributed by atoms with Crippen molar-refractivity contribution in [1.29, 1.82) is 0 Å². The fourth-order valence-electron chi connectivity index (χ4n) is 2.25. The lowest BCUT2D eigenvalue weighted by Gasteiger charge is -2.24. The number of hydrogen-bond acceptors (Lipinski definition) is 5. The van der Waals surface area contributed by atoms with Gasteiger partial charge in [0.15, 0.2) is 0 Å². The van der Waals surface area contributed by atoms with E-state index in [1.165, 1.54) is 6.92 Å². The lowest BCUT2D eigenvalue weighted by Crippen LogP contribution is -2.34. The Morgan fingerprint density at radius 2 is 2.00 bits per heavy atom. The number of rotatable bonds is 6. The van der Waals surface area contributed by atoms with E-state index in [0.717, 1.165) is 5.56 Å². The van der Waals surface area contributed by atoms with Crippen LogP contribution in [0.3, 0.4) is 0 Å². The Labute approximate surface area is 139 Å². The van der Waals surface area contributed by atoms with Crippen LogP contribution >= 0.6 is 11.3 Å². The summed E-state index contributed by atoms with van der Waals surface area (Å²) in [6.45, 7) is 1.78. The molecule has 0 aliphatic rings. The standard InChI is InChI=1S/C17H20N2O3S/c1-12(20)22-16-7-5-4-6-14(16)17(21)18-10-15(19(2)3)13-8-9-23-11-13/h4-9,11,15H,10H2,1-3H3,(H,18,21). The van der Waals surface area contributed by atoms with Gasteiger partial charge in [-0.2, -0.15) is 11.3 Å². The third-order valence-corrected chi connectivity index (χ3v) is 4.09. The minimum Gasteiger partial charge on any atom is -0.426 e. The molecule has 1 aromatic heterocycles. The van der Waals surface area contributed by atoms with Crippen LogP contribution in [0.5, 0.6) is 5.75 Å². The molecule has 23 heavy (non-hydrogen) atoms. The van der Waals surface area contributed by atoms with E-state index >= 15 is 0 Å². The molecule has 0 fully saturated rings. The maximum absolute atomic E-state index is 12.4. The van der Waals surface area contributed by atoms with Gasteiger partial charge in [-0.1, -0.05) is 12.1 Å². The predicted molar refractivity (Wildman–Crippen MR) is 90.8 cm³/mol. The number of carbonyl (C=O) groups is 2. The van der Waals surface area contributed by atoms with Crippen LogP contribution in [-0.2, 0) is 4.79 Å². The van der Waals surface area contributed by atoms with Crippen LogP contribution in [0, 0.1) is 0 Å². The number of carbonyl (C=O) groups excluding carboxylic acids is 2. The third kappa shape index (κ3) is 4.64. The zero-order valence-electron chi connectivity index (χ0n) is 13.4. The molecule has 2 aromatic rings. The van der Waals surface area contributed by atoms with Crippen LogP contribution < -0.4 is 10.1 Å². The van der Waals surface area contributed by atoms with Gasteiger partial charge in [-0.15, -0.1) is 0 Å². The number of hydrogen-bond donors (Lipinski definition) is 1. The van der Waals surface area contributed by atoms with E-state index in [2.05, 4.69) is 15.6 Å². The molecule has 2 rings (SSSR count). The van der Waals surface area contributed by atoms with Gasteiger partial charge in [0.05, 0.1) is 11.6 Å². The largest absolute Gasteiger partial charge is 0.426 e. The Balaban J connectivity index is 2.08. The molecule has 0 radical (unpaired) electrons. The first-order valence-electron chi connectivity index (χ1n) is 7.23. The lowest BCUT2D eigenvalue weighted by molar-refractivity contribution is -0.131. The highest BCUT2D eigenvalue weighted by atomic mass is 32.1. The van der Waals surface area contributed by atoms with Gasteiger partial charge < -0.3 is 15.0 Å². The first-order chi connectivity index (χ1) is 11.0. The molecular weight excluding hydrogens is 312 g/mol. The van der Waals surface area contributed by atoms with Crippen LogP contribution in [-0.4, -0.2) is 37.4 Å². The van der Waals surface area contributed by atoms with Crippen LogP contribution in [0.15, 0.2) is 41.1 Å². The Kier molecular flexibility index (Phi) is 5.90.